The molecule has 0 radical (unpaired) electrons. The van der Waals surface area contributed by atoms with Gasteiger partial charge in [0.05, 0.1) is 22.9 Å². The molecule has 8 heteroatoms. The SMILES string of the molecule is Nc1ccc(N2CCN(c3ccc(F)cc3[N+](=O)[O-])CC2)cn1. The Hall–Kier alpha value is -2.90. The normalized spacial score (nSPS) is 14.8. The van der Waals surface area contributed by atoms with Crippen LogP contribution in [0.5, 0.6) is 0 Å². The highest BCUT2D eigenvalue weighted by atomic mass is 19.1. The number of benzene rings is 1. The first-order valence-electron chi connectivity index (χ1n) is 7.20. The fourth-order valence-electron chi connectivity index (χ4n) is 2.70. The maximum atomic E-state index is 13.2. The third kappa shape index (κ3) is 3.15. The van der Waals surface area contributed by atoms with Gasteiger partial charge < -0.3 is 15.5 Å². The van der Waals surface area contributed by atoms with Crippen molar-refractivity contribution in [2.75, 3.05) is 41.7 Å². The Bertz CT molecular complexity index is 714. The van der Waals surface area contributed by atoms with Crippen molar-refractivity contribution in [1.29, 1.82) is 0 Å². The van der Waals surface area contributed by atoms with Gasteiger partial charge in [0.2, 0.25) is 0 Å². The monoisotopic (exact) mass is 317 g/mol. The van der Waals surface area contributed by atoms with Crippen LogP contribution in [-0.4, -0.2) is 36.1 Å². The Labute approximate surface area is 132 Å². The summed E-state index contributed by atoms with van der Waals surface area (Å²) in [4.78, 5) is 18.7. The van der Waals surface area contributed by atoms with Crippen LogP contribution in [0.15, 0.2) is 36.5 Å². The smallest absolute Gasteiger partial charge is 0.295 e. The van der Waals surface area contributed by atoms with Crippen molar-refractivity contribution < 1.29 is 9.31 Å². The zero-order chi connectivity index (χ0) is 16.4. The summed E-state index contributed by atoms with van der Waals surface area (Å²) in [6, 6.07) is 7.32. The lowest BCUT2D eigenvalue weighted by Gasteiger charge is -2.36. The summed E-state index contributed by atoms with van der Waals surface area (Å²) in [5.41, 5.74) is 6.79. The molecule has 1 aromatic carbocycles. The molecule has 0 aliphatic carbocycles. The summed E-state index contributed by atoms with van der Waals surface area (Å²) < 4.78 is 13.2. The number of nitro groups is 1. The minimum Gasteiger partial charge on any atom is -0.384 e. The van der Waals surface area contributed by atoms with Crippen LogP contribution in [0.4, 0.5) is 27.3 Å². The highest BCUT2D eigenvalue weighted by Gasteiger charge is 2.24. The van der Waals surface area contributed by atoms with Gasteiger partial charge in [0.1, 0.15) is 17.3 Å². The number of anilines is 3. The average Bonchev–Trinajstić information content (AvgIpc) is 2.56. The Balaban J connectivity index is 1.74. The van der Waals surface area contributed by atoms with Crippen LogP contribution < -0.4 is 15.5 Å². The third-order valence-electron chi connectivity index (χ3n) is 3.89. The second kappa shape index (κ2) is 6.07. The lowest BCUT2D eigenvalue weighted by molar-refractivity contribution is -0.384. The molecule has 0 amide bonds. The van der Waals surface area contributed by atoms with Gasteiger partial charge in [-0.2, -0.15) is 0 Å². The van der Waals surface area contributed by atoms with Crippen molar-refractivity contribution in [3.8, 4) is 0 Å². The molecule has 2 aromatic rings. The Morgan fingerprint density at radius 1 is 1.13 bits per heavy atom. The molecule has 0 saturated carbocycles. The zero-order valence-corrected chi connectivity index (χ0v) is 12.4. The van der Waals surface area contributed by atoms with Crippen LogP contribution >= 0.6 is 0 Å². The standard InChI is InChI=1S/C15H16FN5O2/c16-11-1-3-13(14(9-11)21(22)23)20-7-5-19(6-8-20)12-2-4-15(17)18-10-12/h1-4,9-10H,5-8H2,(H2,17,18). The van der Waals surface area contributed by atoms with Gasteiger partial charge in [0, 0.05) is 26.2 Å². The number of hydrogen-bond acceptors (Lipinski definition) is 6. The predicted octanol–water partition coefficient (Wildman–Crippen LogP) is 2.04. The van der Waals surface area contributed by atoms with Crippen molar-refractivity contribution in [3.63, 3.8) is 0 Å². The molecule has 1 aliphatic rings. The number of hydrogen-bond donors (Lipinski definition) is 1. The maximum Gasteiger partial charge on any atom is 0.295 e. The average molecular weight is 317 g/mol. The zero-order valence-electron chi connectivity index (χ0n) is 12.4. The van der Waals surface area contributed by atoms with E-state index in [4.69, 9.17) is 5.73 Å². The van der Waals surface area contributed by atoms with Gasteiger partial charge in [-0.05, 0) is 24.3 Å². The van der Waals surface area contributed by atoms with Gasteiger partial charge >= 0.3 is 0 Å². The van der Waals surface area contributed by atoms with E-state index in [2.05, 4.69) is 9.88 Å². The van der Waals surface area contributed by atoms with E-state index in [9.17, 15) is 14.5 Å². The summed E-state index contributed by atoms with van der Waals surface area (Å²) in [5, 5.41) is 11.1. The van der Waals surface area contributed by atoms with E-state index in [-0.39, 0.29) is 5.69 Å². The molecule has 0 spiro atoms. The molecular formula is C15H16FN5O2. The molecule has 1 aliphatic heterocycles. The van der Waals surface area contributed by atoms with E-state index >= 15 is 0 Å². The topological polar surface area (TPSA) is 88.5 Å². The fourth-order valence-corrected chi connectivity index (χ4v) is 2.70. The molecule has 23 heavy (non-hydrogen) atoms. The number of piperazine rings is 1. The lowest BCUT2D eigenvalue weighted by atomic mass is 10.2. The second-order valence-corrected chi connectivity index (χ2v) is 5.31. The number of aromatic nitrogens is 1. The van der Waals surface area contributed by atoms with E-state index < -0.39 is 10.7 Å². The summed E-state index contributed by atoms with van der Waals surface area (Å²) in [6.45, 7) is 2.61. The van der Waals surface area contributed by atoms with Gasteiger partial charge in [-0.15, -0.1) is 0 Å². The molecule has 120 valence electrons. The minimum atomic E-state index is -0.605. The molecule has 1 saturated heterocycles. The quantitative estimate of drug-likeness (QED) is 0.688. The van der Waals surface area contributed by atoms with Crippen LogP contribution in [0, 0.1) is 15.9 Å². The first-order valence-corrected chi connectivity index (χ1v) is 7.20. The van der Waals surface area contributed by atoms with Crippen molar-refractivity contribution in [2.45, 2.75) is 0 Å². The minimum absolute atomic E-state index is 0.201. The molecule has 3 rings (SSSR count). The summed E-state index contributed by atoms with van der Waals surface area (Å²) in [7, 11) is 0. The Morgan fingerprint density at radius 2 is 1.83 bits per heavy atom. The van der Waals surface area contributed by atoms with Gasteiger partial charge in [0.25, 0.3) is 5.69 Å². The Morgan fingerprint density at radius 3 is 2.43 bits per heavy atom. The fraction of sp³-hybridized carbons (Fsp3) is 0.267. The van der Waals surface area contributed by atoms with Crippen LogP contribution in [0.1, 0.15) is 0 Å². The van der Waals surface area contributed by atoms with E-state index in [1.807, 2.05) is 11.0 Å². The molecule has 0 unspecified atom stereocenters. The third-order valence-corrected chi connectivity index (χ3v) is 3.89. The van der Waals surface area contributed by atoms with Crippen LogP contribution in [0.25, 0.3) is 0 Å². The number of pyridine rings is 1. The van der Waals surface area contributed by atoms with Gasteiger partial charge in [-0.25, -0.2) is 9.37 Å². The van der Waals surface area contributed by atoms with E-state index in [1.165, 1.54) is 12.1 Å². The number of rotatable bonds is 3. The molecule has 1 fully saturated rings. The van der Waals surface area contributed by atoms with Gasteiger partial charge in [0.15, 0.2) is 0 Å². The molecular weight excluding hydrogens is 301 g/mol. The molecule has 2 heterocycles. The van der Waals surface area contributed by atoms with Crippen molar-refractivity contribution in [1.82, 2.24) is 4.98 Å². The highest BCUT2D eigenvalue weighted by molar-refractivity contribution is 5.64. The van der Waals surface area contributed by atoms with E-state index in [1.54, 1.807) is 12.3 Å². The van der Waals surface area contributed by atoms with Gasteiger partial charge in [-0.1, -0.05) is 0 Å². The van der Waals surface area contributed by atoms with Gasteiger partial charge in [-0.3, -0.25) is 10.1 Å². The van der Waals surface area contributed by atoms with Crippen molar-refractivity contribution in [3.05, 3.63) is 52.5 Å². The lowest BCUT2D eigenvalue weighted by Crippen LogP contribution is -2.46. The maximum absolute atomic E-state index is 13.2. The molecule has 2 N–H and O–H groups in total. The van der Waals surface area contributed by atoms with Crippen LogP contribution in [0.3, 0.4) is 0 Å². The molecule has 7 nitrogen and oxygen atoms in total. The molecule has 0 bridgehead atoms. The van der Waals surface area contributed by atoms with E-state index in [0.29, 0.717) is 37.7 Å². The van der Waals surface area contributed by atoms with Crippen LogP contribution in [-0.2, 0) is 0 Å². The first-order chi connectivity index (χ1) is 11.0. The molecule has 1 aromatic heterocycles. The number of nitrogen functional groups attached to an aromatic ring is 1. The first kappa shape index (κ1) is 15.0. The largest absolute Gasteiger partial charge is 0.384 e. The second-order valence-electron chi connectivity index (χ2n) is 5.31. The number of nitrogens with zero attached hydrogens (tertiary/aromatic N) is 4. The highest BCUT2D eigenvalue weighted by Crippen LogP contribution is 2.30. The summed E-state index contributed by atoms with van der Waals surface area (Å²) in [6.07, 6.45) is 1.71. The number of nitrogens with two attached hydrogens (primary N) is 1. The predicted molar refractivity (Wildman–Crippen MR) is 86.1 cm³/mol. The summed E-state index contributed by atoms with van der Waals surface area (Å²) in [5.74, 6) is -0.138. The van der Waals surface area contributed by atoms with Crippen molar-refractivity contribution >= 4 is 22.9 Å². The van der Waals surface area contributed by atoms with E-state index in [0.717, 1.165) is 11.8 Å². The van der Waals surface area contributed by atoms with Crippen LogP contribution in [0.2, 0.25) is 0 Å². The Kier molecular flexibility index (Phi) is 3.96. The summed E-state index contributed by atoms with van der Waals surface area (Å²) >= 11 is 0. The van der Waals surface area contributed by atoms with Crippen molar-refractivity contribution in [2.24, 2.45) is 0 Å². The number of nitro benzene ring substituents is 1. The number of halogens is 1. The molecule has 0 atom stereocenters.